The normalized spacial score (nSPS) is 11.1. The molecule has 7 nitrogen and oxygen atoms in total. The third-order valence-electron chi connectivity index (χ3n) is 10.0. The van der Waals surface area contributed by atoms with Crippen LogP contribution in [0.1, 0.15) is 0 Å². The number of pyridine rings is 1. The first-order valence-corrected chi connectivity index (χ1v) is 19.1. The Morgan fingerprint density at radius 1 is 0.259 bits per heavy atom. The molecule has 0 fully saturated rings. The second-order valence-corrected chi connectivity index (χ2v) is 13.8. The number of hydrogen-bond acceptors (Lipinski definition) is 7. The van der Waals surface area contributed by atoms with Crippen molar-refractivity contribution < 1.29 is 0 Å². The first-order chi connectivity index (χ1) is 28.7. The molecule has 0 amide bonds. The summed E-state index contributed by atoms with van der Waals surface area (Å²) in [7, 11) is 0. The van der Waals surface area contributed by atoms with Crippen molar-refractivity contribution in [3.8, 4) is 90.6 Å². The highest BCUT2D eigenvalue weighted by Gasteiger charge is 2.17. The quantitative estimate of drug-likeness (QED) is 0.153. The summed E-state index contributed by atoms with van der Waals surface area (Å²) in [5.74, 6) is 3.70. The molecule has 7 aromatic carbocycles. The monoisotopic (exact) mass is 743 g/mol. The fourth-order valence-electron chi connectivity index (χ4n) is 7.19. The van der Waals surface area contributed by atoms with E-state index in [1.807, 2.05) is 134 Å². The molecule has 0 saturated carbocycles. The Bertz CT molecular complexity index is 2910. The van der Waals surface area contributed by atoms with E-state index in [0.717, 1.165) is 66.5 Å². The van der Waals surface area contributed by atoms with E-state index in [1.165, 1.54) is 0 Å². The minimum absolute atomic E-state index is 0.602. The van der Waals surface area contributed by atoms with Crippen LogP contribution in [0.3, 0.4) is 0 Å². The van der Waals surface area contributed by atoms with Gasteiger partial charge in [0.15, 0.2) is 34.9 Å². The van der Waals surface area contributed by atoms with Gasteiger partial charge in [0.05, 0.1) is 5.52 Å². The number of fused-ring (bicyclic) bond motifs is 1. The lowest BCUT2D eigenvalue weighted by Gasteiger charge is -2.15. The van der Waals surface area contributed by atoms with Crippen molar-refractivity contribution in [2.75, 3.05) is 0 Å². The fourth-order valence-corrected chi connectivity index (χ4v) is 7.19. The third-order valence-corrected chi connectivity index (χ3v) is 10.0. The van der Waals surface area contributed by atoms with Crippen LogP contribution in [0.25, 0.3) is 101 Å². The minimum atomic E-state index is 0.602. The van der Waals surface area contributed by atoms with Crippen LogP contribution in [0.15, 0.2) is 200 Å². The Balaban J connectivity index is 1.08. The van der Waals surface area contributed by atoms with E-state index in [2.05, 4.69) is 66.7 Å². The van der Waals surface area contributed by atoms with Crippen LogP contribution in [0, 0.1) is 0 Å². The van der Waals surface area contributed by atoms with Gasteiger partial charge in [0, 0.05) is 45.0 Å². The molecule has 58 heavy (non-hydrogen) atoms. The highest BCUT2D eigenvalue weighted by molar-refractivity contribution is 6.03. The molecule has 0 spiro atoms. The van der Waals surface area contributed by atoms with Crippen molar-refractivity contribution in [1.29, 1.82) is 0 Å². The van der Waals surface area contributed by atoms with Crippen molar-refractivity contribution in [3.05, 3.63) is 200 Å². The maximum Gasteiger partial charge on any atom is 0.164 e. The van der Waals surface area contributed by atoms with Crippen molar-refractivity contribution >= 4 is 10.9 Å². The van der Waals surface area contributed by atoms with Crippen molar-refractivity contribution in [2.24, 2.45) is 0 Å². The highest BCUT2D eigenvalue weighted by atomic mass is 15.0. The van der Waals surface area contributed by atoms with E-state index in [0.29, 0.717) is 34.9 Å². The summed E-state index contributed by atoms with van der Waals surface area (Å²) in [4.78, 5) is 34.4. The summed E-state index contributed by atoms with van der Waals surface area (Å²) in [5.41, 5.74) is 10.6. The molecule has 0 bridgehead atoms. The van der Waals surface area contributed by atoms with E-state index >= 15 is 0 Å². The van der Waals surface area contributed by atoms with E-state index in [1.54, 1.807) is 0 Å². The number of benzene rings is 7. The van der Waals surface area contributed by atoms with Crippen molar-refractivity contribution in [2.45, 2.75) is 0 Å². The predicted molar refractivity (Wildman–Crippen MR) is 232 cm³/mol. The van der Waals surface area contributed by atoms with Gasteiger partial charge in [0.2, 0.25) is 0 Å². The van der Waals surface area contributed by atoms with Gasteiger partial charge in [-0.15, -0.1) is 0 Å². The van der Waals surface area contributed by atoms with Crippen LogP contribution < -0.4 is 0 Å². The molecule has 0 saturated heterocycles. The zero-order chi connectivity index (χ0) is 38.7. The molecule has 272 valence electrons. The smallest absolute Gasteiger partial charge is 0.164 e. The molecule has 10 aromatic rings. The van der Waals surface area contributed by atoms with E-state index < -0.39 is 0 Å². The van der Waals surface area contributed by atoms with E-state index in [4.69, 9.17) is 34.9 Å². The summed E-state index contributed by atoms with van der Waals surface area (Å²) in [6, 6.07) is 65.4. The van der Waals surface area contributed by atoms with Gasteiger partial charge in [-0.1, -0.05) is 176 Å². The Morgan fingerprint density at radius 2 is 0.638 bits per heavy atom. The van der Waals surface area contributed by atoms with Gasteiger partial charge in [-0.05, 0) is 40.5 Å². The SMILES string of the molecule is c1ccc(-c2nc(-c3ccccc3)nc(-c3ccc(-c4c(-c5cccc(-c6nc(-c7ccccc7)nc(-c7ccccc7)n6)c5)ccc5ncccc45)cc3)n2)cc1. The molecular weight excluding hydrogens is 711 g/mol. The Hall–Kier alpha value is -8.03. The standard InChI is InChI=1S/C51H33N7/c1-5-15-35(16-6-1)46-53-47(36-17-7-2-8-18-36)56-50(55-46)39-28-26-34(27-29-39)45-42(30-31-44-43(45)25-14-32-52-44)40-23-13-24-41(33-40)51-57-48(37-19-9-3-10-20-37)54-49(58-51)38-21-11-4-12-22-38/h1-33H. The molecule has 10 rings (SSSR count). The Morgan fingerprint density at radius 3 is 1.10 bits per heavy atom. The van der Waals surface area contributed by atoms with Crippen molar-refractivity contribution in [1.82, 2.24) is 34.9 Å². The van der Waals surface area contributed by atoms with Gasteiger partial charge in [-0.2, -0.15) is 0 Å². The van der Waals surface area contributed by atoms with E-state index in [-0.39, 0.29) is 0 Å². The first-order valence-electron chi connectivity index (χ1n) is 19.1. The lowest BCUT2D eigenvalue weighted by Crippen LogP contribution is -2.00. The minimum Gasteiger partial charge on any atom is -0.256 e. The summed E-state index contributed by atoms with van der Waals surface area (Å²) < 4.78 is 0. The van der Waals surface area contributed by atoms with Gasteiger partial charge >= 0.3 is 0 Å². The Labute approximate surface area is 335 Å². The summed E-state index contributed by atoms with van der Waals surface area (Å²) in [5, 5.41) is 1.05. The second kappa shape index (κ2) is 15.2. The second-order valence-electron chi connectivity index (χ2n) is 13.8. The van der Waals surface area contributed by atoms with Crippen LogP contribution in [-0.2, 0) is 0 Å². The van der Waals surface area contributed by atoms with Gasteiger partial charge < -0.3 is 0 Å². The molecular formula is C51H33N7. The topological polar surface area (TPSA) is 90.2 Å². The molecule has 0 N–H and O–H groups in total. The summed E-state index contributed by atoms with van der Waals surface area (Å²) >= 11 is 0. The van der Waals surface area contributed by atoms with Gasteiger partial charge in [0.1, 0.15) is 0 Å². The maximum atomic E-state index is 5.01. The zero-order valence-corrected chi connectivity index (χ0v) is 31.2. The number of hydrogen-bond donors (Lipinski definition) is 0. The lowest BCUT2D eigenvalue weighted by atomic mass is 9.90. The summed E-state index contributed by atoms with van der Waals surface area (Å²) in [6.45, 7) is 0. The molecule has 3 aromatic heterocycles. The van der Waals surface area contributed by atoms with Gasteiger partial charge in [-0.25, -0.2) is 29.9 Å². The zero-order valence-electron chi connectivity index (χ0n) is 31.2. The molecule has 0 aliphatic rings. The molecule has 3 heterocycles. The number of nitrogens with zero attached hydrogens (tertiary/aromatic N) is 7. The van der Waals surface area contributed by atoms with Crippen LogP contribution in [0.2, 0.25) is 0 Å². The molecule has 7 heteroatoms. The van der Waals surface area contributed by atoms with Crippen LogP contribution >= 0.6 is 0 Å². The molecule has 0 aliphatic carbocycles. The molecule has 0 radical (unpaired) electrons. The average molecular weight is 744 g/mol. The number of aromatic nitrogens is 7. The van der Waals surface area contributed by atoms with Crippen LogP contribution in [0.5, 0.6) is 0 Å². The Kier molecular flexibility index (Phi) is 9.06. The summed E-state index contributed by atoms with van der Waals surface area (Å²) in [6.07, 6.45) is 1.83. The fraction of sp³-hybridized carbons (Fsp3) is 0. The van der Waals surface area contributed by atoms with E-state index in [9.17, 15) is 0 Å². The first kappa shape index (κ1) is 34.5. The average Bonchev–Trinajstić information content (AvgIpc) is 3.32. The van der Waals surface area contributed by atoms with Gasteiger partial charge in [-0.3, -0.25) is 4.98 Å². The van der Waals surface area contributed by atoms with Gasteiger partial charge in [0.25, 0.3) is 0 Å². The number of rotatable bonds is 8. The third kappa shape index (κ3) is 6.89. The highest BCUT2D eigenvalue weighted by Crippen LogP contribution is 2.39. The predicted octanol–water partition coefficient (Wildman–Crippen LogP) is 11.9. The molecule has 0 unspecified atom stereocenters. The van der Waals surface area contributed by atoms with Crippen LogP contribution in [-0.4, -0.2) is 34.9 Å². The van der Waals surface area contributed by atoms with Crippen molar-refractivity contribution in [3.63, 3.8) is 0 Å². The maximum absolute atomic E-state index is 5.01. The molecule has 0 aliphatic heterocycles. The molecule has 0 atom stereocenters. The lowest BCUT2D eigenvalue weighted by molar-refractivity contribution is 1.07. The largest absolute Gasteiger partial charge is 0.256 e. The van der Waals surface area contributed by atoms with Crippen LogP contribution in [0.4, 0.5) is 0 Å².